The Bertz CT molecular complexity index is 541. The smallest absolute Gasteiger partial charge is 0.262 e. The lowest BCUT2D eigenvalue weighted by Crippen LogP contribution is -2.49. The van der Waals surface area contributed by atoms with Gasteiger partial charge in [-0.2, -0.15) is 0 Å². The van der Waals surface area contributed by atoms with Gasteiger partial charge in [0.2, 0.25) is 5.91 Å². The fourth-order valence-corrected chi connectivity index (χ4v) is 3.72. The Morgan fingerprint density at radius 1 is 1.41 bits per heavy atom. The zero-order chi connectivity index (χ0) is 16.2. The summed E-state index contributed by atoms with van der Waals surface area (Å²) in [5.41, 5.74) is 0.142. The number of carbonyl (C=O) groups excluding carboxylic acids is 2. The minimum Gasteiger partial charge on any atom is -0.354 e. The summed E-state index contributed by atoms with van der Waals surface area (Å²) in [4.78, 5) is 24.8. The van der Waals surface area contributed by atoms with Crippen LogP contribution in [0, 0.1) is 5.41 Å². The Kier molecular flexibility index (Phi) is 6.00. The van der Waals surface area contributed by atoms with Gasteiger partial charge in [-0.05, 0) is 66.3 Å². The molecule has 0 radical (unpaired) electrons. The number of carbonyl (C=O) groups is 2. The van der Waals surface area contributed by atoms with Crippen molar-refractivity contribution in [1.29, 1.82) is 0 Å². The van der Waals surface area contributed by atoms with Crippen molar-refractivity contribution in [3.05, 3.63) is 20.8 Å². The summed E-state index contributed by atoms with van der Waals surface area (Å²) in [6.07, 6.45) is 2.11. The number of thiophene rings is 1. The second kappa shape index (κ2) is 7.57. The third-order valence-electron chi connectivity index (χ3n) is 4.04. The van der Waals surface area contributed by atoms with Gasteiger partial charge in [0, 0.05) is 6.54 Å². The van der Waals surface area contributed by atoms with Crippen LogP contribution in [0.15, 0.2) is 15.9 Å². The van der Waals surface area contributed by atoms with Crippen molar-refractivity contribution in [1.82, 2.24) is 16.0 Å². The lowest BCUT2D eigenvalue weighted by molar-refractivity contribution is -0.123. The highest BCUT2D eigenvalue weighted by atomic mass is 79.9. The van der Waals surface area contributed by atoms with E-state index in [2.05, 4.69) is 38.8 Å². The number of rotatable bonds is 5. The van der Waals surface area contributed by atoms with Gasteiger partial charge in [-0.25, -0.2) is 0 Å². The van der Waals surface area contributed by atoms with Gasteiger partial charge in [0.15, 0.2) is 0 Å². The molecule has 1 aliphatic rings. The van der Waals surface area contributed by atoms with Crippen LogP contribution in [0.25, 0.3) is 0 Å². The number of hydrogen-bond donors (Lipinski definition) is 3. The molecule has 0 aliphatic carbocycles. The molecule has 1 atom stereocenters. The van der Waals surface area contributed by atoms with E-state index in [1.165, 1.54) is 11.3 Å². The van der Waals surface area contributed by atoms with E-state index in [9.17, 15) is 9.59 Å². The van der Waals surface area contributed by atoms with Gasteiger partial charge in [-0.3, -0.25) is 9.59 Å². The number of halogens is 1. The molecule has 0 saturated carbocycles. The van der Waals surface area contributed by atoms with E-state index >= 15 is 0 Å². The molecule has 0 aromatic carbocycles. The summed E-state index contributed by atoms with van der Waals surface area (Å²) < 4.78 is 0.897. The molecule has 1 saturated heterocycles. The van der Waals surface area contributed by atoms with Crippen molar-refractivity contribution in [3.63, 3.8) is 0 Å². The topological polar surface area (TPSA) is 70.2 Å². The largest absolute Gasteiger partial charge is 0.354 e. The van der Waals surface area contributed by atoms with E-state index in [0.717, 1.165) is 29.7 Å². The van der Waals surface area contributed by atoms with E-state index in [-0.39, 0.29) is 17.2 Å². The van der Waals surface area contributed by atoms with Crippen molar-refractivity contribution >= 4 is 39.1 Å². The average Bonchev–Trinajstić information content (AvgIpc) is 2.92. The Morgan fingerprint density at radius 2 is 2.09 bits per heavy atom. The predicted molar refractivity (Wildman–Crippen MR) is 92.2 cm³/mol. The van der Waals surface area contributed by atoms with Crippen LogP contribution in [0.2, 0.25) is 0 Å². The minimum absolute atomic E-state index is 0.135. The monoisotopic (exact) mass is 387 g/mol. The Hall–Kier alpha value is -0.920. The Morgan fingerprint density at radius 3 is 2.68 bits per heavy atom. The summed E-state index contributed by atoms with van der Waals surface area (Å²) in [5, 5.41) is 9.03. The molecule has 1 aliphatic heterocycles. The standard InChI is InChI=1S/C15H22BrN3O2S/c1-10(19-14(21)11-3-4-12(16)22-11)13(20)18-9-15(2)5-7-17-8-6-15/h3-4,10,17H,5-9H2,1-2H3,(H,18,20)(H,19,21). The van der Waals surface area contributed by atoms with Crippen LogP contribution >= 0.6 is 27.3 Å². The van der Waals surface area contributed by atoms with Gasteiger partial charge >= 0.3 is 0 Å². The number of piperidine rings is 1. The van der Waals surface area contributed by atoms with Gasteiger partial charge in [0.1, 0.15) is 6.04 Å². The van der Waals surface area contributed by atoms with E-state index in [0.29, 0.717) is 11.4 Å². The van der Waals surface area contributed by atoms with Crippen molar-refractivity contribution < 1.29 is 9.59 Å². The summed E-state index contributed by atoms with van der Waals surface area (Å²) in [6, 6.07) is 3.02. The first-order chi connectivity index (χ1) is 10.4. The molecule has 122 valence electrons. The summed E-state index contributed by atoms with van der Waals surface area (Å²) in [6.45, 7) is 6.54. The van der Waals surface area contributed by atoms with E-state index in [4.69, 9.17) is 0 Å². The first-order valence-electron chi connectivity index (χ1n) is 7.44. The second-order valence-corrected chi connectivity index (χ2v) is 8.54. The van der Waals surface area contributed by atoms with Gasteiger partial charge in [0.25, 0.3) is 5.91 Å². The SMILES string of the molecule is CC(NC(=O)c1ccc(Br)s1)C(=O)NCC1(C)CCNCC1. The number of amides is 2. The van der Waals surface area contributed by atoms with Crippen molar-refractivity contribution in [3.8, 4) is 0 Å². The normalized spacial score (nSPS) is 18.5. The molecule has 22 heavy (non-hydrogen) atoms. The lowest BCUT2D eigenvalue weighted by atomic mass is 9.81. The van der Waals surface area contributed by atoms with Crippen LogP contribution in [0.1, 0.15) is 36.4 Å². The molecular weight excluding hydrogens is 366 g/mol. The van der Waals surface area contributed by atoms with Crippen LogP contribution < -0.4 is 16.0 Å². The summed E-state index contributed by atoms with van der Waals surface area (Å²) in [7, 11) is 0. The molecule has 1 aromatic heterocycles. The summed E-state index contributed by atoms with van der Waals surface area (Å²) >= 11 is 4.68. The quantitative estimate of drug-likeness (QED) is 0.724. The van der Waals surface area contributed by atoms with E-state index in [1.54, 1.807) is 13.0 Å². The zero-order valence-corrected chi connectivity index (χ0v) is 15.3. The maximum absolute atomic E-state index is 12.2. The molecule has 0 spiro atoms. The fourth-order valence-electron chi connectivity index (χ4n) is 2.43. The van der Waals surface area contributed by atoms with Crippen molar-refractivity contribution in [2.45, 2.75) is 32.7 Å². The molecule has 2 heterocycles. The van der Waals surface area contributed by atoms with Crippen molar-refractivity contribution in [2.24, 2.45) is 5.41 Å². The molecular formula is C15H22BrN3O2S. The molecule has 5 nitrogen and oxygen atoms in total. The minimum atomic E-state index is -0.543. The molecule has 0 bridgehead atoms. The summed E-state index contributed by atoms with van der Waals surface area (Å²) in [5.74, 6) is -0.352. The fraction of sp³-hybridized carbons (Fsp3) is 0.600. The molecule has 2 rings (SSSR count). The van der Waals surface area contributed by atoms with Crippen LogP contribution in [-0.2, 0) is 4.79 Å². The van der Waals surface area contributed by atoms with Crippen LogP contribution in [0.4, 0.5) is 0 Å². The van der Waals surface area contributed by atoms with Gasteiger partial charge in [-0.15, -0.1) is 11.3 Å². The van der Waals surface area contributed by atoms with E-state index < -0.39 is 6.04 Å². The van der Waals surface area contributed by atoms with Crippen LogP contribution in [-0.4, -0.2) is 37.5 Å². The molecule has 1 fully saturated rings. The highest BCUT2D eigenvalue weighted by Gasteiger charge is 2.28. The van der Waals surface area contributed by atoms with Gasteiger partial charge in [-0.1, -0.05) is 6.92 Å². The maximum atomic E-state index is 12.2. The third kappa shape index (κ3) is 4.79. The number of nitrogens with one attached hydrogen (secondary N) is 3. The van der Waals surface area contributed by atoms with Crippen molar-refractivity contribution in [2.75, 3.05) is 19.6 Å². The first kappa shape index (κ1) is 17.4. The van der Waals surface area contributed by atoms with E-state index in [1.807, 2.05) is 6.07 Å². The third-order valence-corrected chi connectivity index (χ3v) is 5.66. The number of hydrogen-bond acceptors (Lipinski definition) is 4. The molecule has 2 amide bonds. The van der Waals surface area contributed by atoms with Crippen LogP contribution in [0.3, 0.4) is 0 Å². The molecule has 3 N–H and O–H groups in total. The van der Waals surface area contributed by atoms with Gasteiger partial charge < -0.3 is 16.0 Å². The Balaban J connectivity index is 1.80. The van der Waals surface area contributed by atoms with Gasteiger partial charge in [0.05, 0.1) is 8.66 Å². The maximum Gasteiger partial charge on any atom is 0.262 e. The lowest BCUT2D eigenvalue weighted by Gasteiger charge is -2.34. The Labute approximate surface area is 143 Å². The average molecular weight is 388 g/mol. The first-order valence-corrected chi connectivity index (χ1v) is 9.05. The molecule has 1 unspecified atom stereocenters. The second-order valence-electron chi connectivity index (χ2n) is 6.08. The zero-order valence-electron chi connectivity index (χ0n) is 12.9. The molecule has 7 heteroatoms. The highest BCUT2D eigenvalue weighted by molar-refractivity contribution is 9.11. The highest BCUT2D eigenvalue weighted by Crippen LogP contribution is 2.26. The predicted octanol–water partition coefficient (Wildman–Crippen LogP) is 2.13. The van der Waals surface area contributed by atoms with Crippen LogP contribution in [0.5, 0.6) is 0 Å². The molecule has 1 aromatic rings.